The number of rotatable bonds is 5. The van der Waals surface area contributed by atoms with Gasteiger partial charge in [-0.2, -0.15) is 0 Å². The molecule has 0 aliphatic heterocycles. The van der Waals surface area contributed by atoms with Crippen molar-refractivity contribution in [2.45, 2.75) is 33.2 Å². The Morgan fingerprint density at radius 3 is 2.71 bits per heavy atom. The summed E-state index contributed by atoms with van der Waals surface area (Å²) in [6.07, 6.45) is 2.60. The molecule has 1 fully saturated rings. The van der Waals surface area contributed by atoms with Crippen LogP contribution in [0.1, 0.15) is 32.3 Å². The number of anilines is 1. The highest BCUT2D eigenvalue weighted by atomic mass is 19.1. The maximum Gasteiger partial charge on any atom is 0.146 e. The Hall–Kier alpha value is -1.09. The quantitative estimate of drug-likeness (QED) is 0.771. The first-order chi connectivity index (χ1) is 8.05. The summed E-state index contributed by atoms with van der Waals surface area (Å²) in [4.78, 5) is 0. The van der Waals surface area contributed by atoms with Crippen LogP contribution in [0.25, 0.3) is 0 Å². The molecule has 0 amide bonds. The minimum atomic E-state index is -0.325. The normalized spacial score (nSPS) is 17.4. The minimum Gasteiger partial charge on any atom is -0.396 e. The molecule has 0 heterocycles. The van der Waals surface area contributed by atoms with E-state index in [1.165, 1.54) is 18.9 Å². The second kappa shape index (κ2) is 4.65. The van der Waals surface area contributed by atoms with Gasteiger partial charge in [-0.3, -0.25) is 0 Å². The largest absolute Gasteiger partial charge is 0.396 e. The smallest absolute Gasteiger partial charge is 0.146 e. The van der Waals surface area contributed by atoms with Crippen molar-refractivity contribution in [3.8, 4) is 0 Å². The van der Waals surface area contributed by atoms with Gasteiger partial charge in [0.2, 0.25) is 0 Å². The topological polar surface area (TPSA) is 38.0 Å². The maximum atomic E-state index is 13.2. The highest BCUT2D eigenvalue weighted by Gasteiger charge is 2.44. The van der Waals surface area contributed by atoms with Crippen LogP contribution in [0.4, 0.5) is 10.1 Å². The zero-order valence-corrected chi connectivity index (χ0v) is 10.6. The van der Waals surface area contributed by atoms with E-state index >= 15 is 0 Å². The third kappa shape index (κ3) is 2.60. The van der Waals surface area contributed by atoms with E-state index in [0.29, 0.717) is 17.9 Å². The standard InChI is InChI=1S/C14H21FN2/c1-10(2)14(6-7-14)9-17-8-11-4-3-5-12(15)13(11)16/h3-5,10,17H,6-9,16H2,1-2H3. The van der Waals surface area contributed by atoms with Crippen molar-refractivity contribution in [1.82, 2.24) is 5.32 Å². The van der Waals surface area contributed by atoms with Crippen molar-refractivity contribution in [2.75, 3.05) is 12.3 Å². The van der Waals surface area contributed by atoms with E-state index in [1.807, 2.05) is 6.07 Å². The number of hydrogen-bond donors (Lipinski definition) is 2. The van der Waals surface area contributed by atoms with Gasteiger partial charge in [-0.15, -0.1) is 0 Å². The number of nitrogens with one attached hydrogen (secondary N) is 1. The van der Waals surface area contributed by atoms with Gasteiger partial charge in [-0.05, 0) is 35.8 Å². The van der Waals surface area contributed by atoms with E-state index in [2.05, 4.69) is 19.2 Å². The van der Waals surface area contributed by atoms with Crippen molar-refractivity contribution in [2.24, 2.45) is 11.3 Å². The Morgan fingerprint density at radius 1 is 1.41 bits per heavy atom. The highest BCUT2D eigenvalue weighted by Crippen LogP contribution is 2.51. The molecule has 2 rings (SSSR count). The first-order valence-corrected chi connectivity index (χ1v) is 6.29. The Kier molecular flexibility index (Phi) is 3.38. The van der Waals surface area contributed by atoms with Gasteiger partial charge in [-0.1, -0.05) is 26.0 Å². The summed E-state index contributed by atoms with van der Waals surface area (Å²) in [5.41, 5.74) is 7.29. The van der Waals surface area contributed by atoms with E-state index in [-0.39, 0.29) is 11.5 Å². The monoisotopic (exact) mass is 236 g/mol. The third-order valence-corrected chi connectivity index (χ3v) is 4.05. The van der Waals surface area contributed by atoms with Gasteiger partial charge in [0.1, 0.15) is 5.82 Å². The molecule has 1 saturated carbocycles. The van der Waals surface area contributed by atoms with E-state index in [9.17, 15) is 4.39 Å². The Balaban J connectivity index is 1.89. The number of benzene rings is 1. The van der Waals surface area contributed by atoms with Crippen LogP contribution < -0.4 is 11.1 Å². The number of halogens is 1. The molecule has 0 bridgehead atoms. The second-order valence-corrected chi connectivity index (χ2v) is 5.43. The van der Waals surface area contributed by atoms with Crippen LogP contribution in [-0.2, 0) is 6.54 Å². The molecule has 17 heavy (non-hydrogen) atoms. The van der Waals surface area contributed by atoms with E-state index in [4.69, 9.17) is 5.73 Å². The molecule has 94 valence electrons. The fourth-order valence-corrected chi connectivity index (χ4v) is 2.30. The highest BCUT2D eigenvalue weighted by molar-refractivity contribution is 5.47. The average molecular weight is 236 g/mol. The molecular weight excluding hydrogens is 215 g/mol. The lowest BCUT2D eigenvalue weighted by atomic mass is 9.92. The Bertz CT molecular complexity index is 397. The molecule has 1 aliphatic carbocycles. The fourth-order valence-electron chi connectivity index (χ4n) is 2.30. The number of hydrogen-bond acceptors (Lipinski definition) is 2. The zero-order valence-electron chi connectivity index (χ0n) is 10.6. The number of para-hydroxylation sites is 1. The van der Waals surface area contributed by atoms with Crippen LogP contribution in [0.2, 0.25) is 0 Å². The zero-order chi connectivity index (χ0) is 12.5. The van der Waals surface area contributed by atoms with Crippen LogP contribution in [0.15, 0.2) is 18.2 Å². The van der Waals surface area contributed by atoms with Crippen LogP contribution in [0, 0.1) is 17.2 Å². The third-order valence-electron chi connectivity index (χ3n) is 4.05. The molecule has 2 nitrogen and oxygen atoms in total. The molecule has 1 aromatic rings. The molecule has 3 N–H and O–H groups in total. The lowest BCUT2D eigenvalue weighted by Gasteiger charge is -2.20. The molecular formula is C14H21FN2. The van der Waals surface area contributed by atoms with Gasteiger partial charge in [0.15, 0.2) is 0 Å². The predicted molar refractivity (Wildman–Crippen MR) is 69.0 cm³/mol. The van der Waals surface area contributed by atoms with Crippen LogP contribution >= 0.6 is 0 Å². The van der Waals surface area contributed by atoms with Crippen molar-refractivity contribution in [1.29, 1.82) is 0 Å². The molecule has 0 atom stereocenters. The molecule has 0 saturated heterocycles. The minimum absolute atomic E-state index is 0.273. The van der Waals surface area contributed by atoms with Gasteiger partial charge >= 0.3 is 0 Å². The Morgan fingerprint density at radius 2 is 2.12 bits per heavy atom. The van der Waals surface area contributed by atoms with Crippen molar-refractivity contribution >= 4 is 5.69 Å². The Labute approximate surface area is 102 Å². The summed E-state index contributed by atoms with van der Waals surface area (Å²) >= 11 is 0. The summed E-state index contributed by atoms with van der Waals surface area (Å²) in [7, 11) is 0. The molecule has 0 unspecified atom stereocenters. The summed E-state index contributed by atoms with van der Waals surface area (Å²) < 4.78 is 13.2. The summed E-state index contributed by atoms with van der Waals surface area (Å²) in [6.45, 7) is 6.19. The predicted octanol–water partition coefficient (Wildman–Crippen LogP) is 2.93. The van der Waals surface area contributed by atoms with E-state index < -0.39 is 0 Å². The average Bonchev–Trinajstić information content (AvgIpc) is 3.05. The van der Waals surface area contributed by atoms with Gasteiger partial charge in [0.25, 0.3) is 0 Å². The van der Waals surface area contributed by atoms with Gasteiger partial charge in [-0.25, -0.2) is 4.39 Å². The molecule has 0 aromatic heterocycles. The summed E-state index contributed by atoms with van der Waals surface area (Å²) in [6, 6.07) is 4.98. The van der Waals surface area contributed by atoms with Gasteiger partial charge in [0, 0.05) is 13.1 Å². The van der Waals surface area contributed by atoms with Crippen molar-refractivity contribution in [3.05, 3.63) is 29.6 Å². The van der Waals surface area contributed by atoms with Crippen molar-refractivity contribution < 1.29 is 4.39 Å². The van der Waals surface area contributed by atoms with Gasteiger partial charge in [0.05, 0.1) is 5.69 Å². The lowest BCUT2D eigenvalue weighted by Crippen LogP contribution is -2.27. The summed E-state index contributed by atoms with van der Waals surface area (Å²) in [5, 5.41) is 3.41. The lowest BCUT2D eigenvalue weighted by molar-refractivity contribution is 0.338. The SMILES string of the molecule is CC(C)C1(CNCc2cccc(F)c2N)CC1. The van der Waals surface area contributed by atoms with Crippen molar-refractivity contribution in [3.63, 3.8) is 0 Å². The maximum absolute atomic E-state index is 13.2. The molecule has 0 radical (unpaired) electrons. The molecule has 0 spiro atoms. The molecule has 1 aliphatic rings. The first-order valence-electron chi connectivity index (χ1n) is 6.29. The molecule has 3 heteroatoms. The van der Waals surface area contributed by atoms with E-state index in [0.717, 1.165) is 12.1 Å². The van der Waals surface area contributed by atoms with Crippen LogP contribution in [-0.4, -0.2) is 6.54 Å². The summed E-state index contributed by atoms with van der Waals surface area (Å²) in [5.74, 6) is 0.383. The van der Waals surface area contributed by atoms with E-state index in [1.54, 1.807) is 6.07 Å². The molecule has 1 aromatic carbocycles. The number of nitrogen functional groups attached to an aromatic ring is 1. The van der Waals surface area contributed by atoms with Crippen LogP contribution in [0.5, 0.6) is 0 Å². The number of nitrogens with two attached hydrogens (primary N) is 1. The second-order valence-electron chi connectivity index (χ2n) is 5.43. The van der Waals surface area contributed by atoms with Crippen LogP contribution in [0.3, 0.4) is 0 Å². The fraction of sp³-hybridized carbons (Fsp3) is 0.571. The first kappa shape index (κ1) is 12.4. The van der Waals surface area contributed by atoms with Gasteiger partial charge < -0.3 is 11.1 Å².